The van der Waals surface area contributed by atoms with Crippen molar-refractivity contribution in [1.29, 1.82) is 0 Å². The second-order valence-electron chi connectivity index (χ2n) is 4.45. The average molecular weight is 255 g/mol. The molecule has 0 spiro atoms. The Bertz CT molecular complexity index is 294. The number of hydrogen-bond acceptors (Lipinski definition) is 3. The van der Waals surface area contributed by atoms with E-state index in [1.807, 2.05) is 0 Å². The van der Waals surface area contributed by atoms with Crippen LogP contribution in [0.15, 0.2) is 0 Å². The van der Waals surface area contributed by atoms with Crippen LogP contribution in [0.2, 0.25) is 0 Å². The molecule has 0 aromatic carbocycles. The topological polar surface area (TPSA) is 46.6 Å². The fourth-order valence-electron chi connectivity index (χ4n) is 1.20. The van der Waals surface area contributed by atoms with E-state index >= 15 is 0 Å². The Kier molecular flexibility index (Phi) is 4.97. The highest BCUT2D eigenvalue weighted by Gasteiger charge is 2.45. The van der Waals surface area contributed by atoms with E-state index < -0.39 is 23.6 Å². The summed E-state index contributed by atoms with van der Waals surface area (Å²) >= 11 is 0. The Morgan fingerprint density at radius 2 is 1.65 bits per heavy atom. The molecule has 0 saturated heterocycles. The summed E-state index contributed by atoms with van der Waals surface area (Å²) in [4.78, 5) is 22.7. The first-order chi connectivity index (χ1) is 7.50. The van der Waals surface area contributed by atoms with Crippen LogP contribution >= 0.6 is 0 Å². The predicted octanol–water partition coefficient (Wildman–Crippen LogP) is 1.74. The van der Waals surface area contributed by atoms with Gasteiger partial charge in [-0.1, -0.05) is 0 Å². The first-order valence-electron chi connectivity index (χ1n) is 4.95. The van der Waals surface area contributed by atoms with E-state index in [2.05, 4.69) is 4.74 Å². The van der Waals surface area contributed by atoms with Gasteiger partial charge in [-0.05, 0) is 20.8 Å². The molecule has 0 heterocycles. The summed E-state index contributed by atoms with van der Waals surface area (Å²) in [5.74, 6) is -2.61. The molecule has 0 bridgehead atoms. The molecule has 1 amide bonds. The van der Waals surface area contributed by atoms with E-state index in [9.17, 15) is 22.8 Å². The van der Waals surface area contributed by atoms with Gasteiger partial charge in [-0.2, -0.15) is 13.2 Å². The number of rotatable bonds is 3. The summed E-state index contributed by atoms with van der Waals surface area (Å²) in [6.45, 7) is 4.07. The maximum absolute atomic E-state index is 12.3. The van der Waals surface area contributed by atoms with Crippen molar-refractivity contribution >= 4 is 11.9 Å². The fraction of sp³-hybridized carbons (Fsp3) is 0.800. The maximum Gasteiger partial charge on any atom is 0.471 e. The summed E-state index contributed by atoms with van der Waals surface area (Å²) in [5, 5.41) is 0. The van der Waals surface area contributed by atoms with E-state index in [0.717, 1.165) is 7.11 Å². The van der Waals surface area contributed by atoms with Gasteiger partial charge in [0.05, 0.1) is 13.5 Å². The number of esters is 1. The van der Waals surface area contributed by atoms with Crippen molar-refractivity contribution in [3.63, 3.8) is 0 Å². The third kappa shape index (κ3) is 5.06. The van der Waals surface area contributed by atoms with Gasteiger partial charge in [0.1, 0.15) is 0 Å². The molecule has 0 unspecified atom stereocenters. The third-order valence-corrected chi connectivity index (χ3v) is 2.06. The van der Waals surface area contributed by atoms with E-state index in [4.69, 9.17) is 0 Å². The first-order valence-corrected chi connectivity index (χ1v) is 4.95. The number of halogens is 3. The number of hydrogen-bond donors (Lipinski definition) is 0. The van der Waals surface area contributed by atoms with Gasteiger partial charge in [0.15, 0.2) is 0 Å². The van der Waals surface area contributed by atoms with Crippen LogP contribution in [-0.2, 0) is 14.3 Å². The van der Waals surface area contributed by atoms with E-state index in [-0.39, 0.29) is 13.0 Å². The fourth-order valence-corrected chi connectivity index (χ4v) is 1.20. The second-order valence-corrected chi connectivity index (χ2v) is 4.45. The van der Waals surface area contributed by atoms with Crippen molar-refractivity contribution in [2.75, 3.05) is 13.7 Å². The SMILES string of the molecule is COC(=O)CCN(C(=O)C(F)(F)F)C(C)(C)C. The van der Waals surface area contributed by atoms with E-state index in [1.54, 1.807) is 0 Å². The summed E-state index contributed by atoms with van der Waals surface area (Å²) in [7, 11) is 1.13. The van der Waals surface area contributed by atoms with Crippen molar-refractivity contribution in [1.82, 2.24) is 4.90 Å². The Morgan fingerprint density at radius 3 is 1.94 bits per heavy atom. The highest BCUT2D eigenvalue weighted by molar-refractivity contribution is 5.83. The van der Waals surface area contributed by atoms with Gasteiger partial charge in [0.25, 0.3) is 0 Å². The van der Waals surface area contributed by atoms with Crippen LogP contribution in [0, 0.1) is 0 Å². The van der Waals surface area contributed by atoms with Crippen molar-refractivity contribution in [2.45, 2.75) is 38.9 Å². The maximum atomic E-state index is 12.3. The standard InChI is InChI=1S/C10H16F3NO3/c1-9(2,3)14(6-5-7(15)17-4)8(16)10(11,12)13/h5-6H2,1-4H3. The summed E-state index contributed by atoms with van der Waals surface area (Å²) in [6, 6.07) is 0. The molecule has 0 saturated carbocycles. The molecule has 0 radical (unpaired) electrons. The largest absolute Gasteiger partial charge is 0.471 e. The molecule has 0 aromatic rings. The normalized spacial score (nSPS) is 12.2. The number of ether oxygens (including phenoxy) is 1. The molecule has 0 aliphatic rings. The van der Waals surface area contributed by atoms with Crippen molar-refractivity contribution in [2.24, 2.45) is 0 Å². The molecule has 4 nitrogen and oxygen atoms in total. The summed E-state index contributed by atoms with van der Waals surface area (Å²) in [5.41, 5.74) is -1.01. The van der Waals surface area contributed by atoms with E-state index in [1.165, 1.54) is 20.8 Å². The predicted molar refractivity (Wildman–Crippen MR) is 54.2 cm³/mol. The molecule has 0 aromatic heterocycles. The lowest BCUT2D eigenvalue weighted by Crippen LogP contribution is -2.51. The molecule has 17 heavy (non-hydrogen) atoms. The molecule has 0 atom stereocenters. The Labute approximate surface area is 97.7 Å². The van der Waals surface area contributed by atoms with Gasteiger partial charge >= 0.3 is 18.1 Å². The Morgan fingerprint density at radius 1 is 1.18 bits per heavy atom. The molecule has 0 fully saturated rings. The summed E-state index contributed by atoms with van der Waals surface area (Å²) in [6.07, 6.45) is -5.21. The molecule has 7 heteroatoms. The van der Waals surface area contributed by atoms with E-state index in [0.29, 0.717) is 4.90 Å². The highest BCUT2D eigenvalue weighted by atomic mass is 19.4. The van der Waals surface area contributed by atoms with Crippen LogP contribution in [0.3, 0.4) is 0 Å². The molecule has 0 N–H and O–H groups in total. The van der Waals surface area contributed by atoms with Gasteiger partial charge in [-0.3, -0.25) is 9.59 Å². The minimum absolute atomic E-state index is 0.268. The van der Waals surface area contributed by atoms with Crippen LogP contribution in [0.25, 0.3) is 0 Å². The summed E-state index contributed by atoms with van der Waals surface area (Å²) < 4.78 is 41.3. The Balaban J connectivity index is 4.80. The first kappa shape index (κ1) is 15.7. The molecular formula is C10H16F3NO3. The molecule has 100 valence electrons. The van der Waals surface area contributed by atoms with Gasteiger partial charge < -0.3 is 9.64 Å². The average Bonchev–Trinajstić information content (AvgIpc) is 2.13. The van der Waals surface area contributed by atoms with Crippen LogP contribution in [-0.4, -0.2) is 42.1 Å². The molecule has 0 aliphatic carbocycles. The monoisotopic (exact) mass is 255 g/mol. The van der Waals surface area contributed by atoms with Gasteiger partial charge in [-0.25, -0.2) is 0 Å². The van der Waals surface area contributed by atoms with Crippen molar-refractivity contribution < 1.29 is 27.5 Å². The third-order valence-electron chi connectivity index (χ3n) is 2.06. The van der Waals surface area contributed by atoms with Crippen molar-refractivity contribution in [3.05, 3.63) is 0 Å². The number of methoxy groups -OCH3 is 1. The van der Waals surface area contributed by atoms with Gasteiger partial charge in [0.2, 0.25) is 0 Å². The van der Waals surface area contributed by atoms with Crippen LogP contribution in [0.1, 0.15) is 27.2 Å². The number of carbonyl (C=O) groups is 2. The van der Waals surface area contributed by atoms with Crippen LogP contribution in [0.4, 0.5) is 13.2 Å². The van der Waals surface area contributed by atoms with Gasteiger partial charge in [0, 0.05) is 12.1 Å². The Hall–Kier alpha value is -1.27. The van der Waals surface area contributed by atoms with Gasteiger partial charge in [-0.15, -0.1) is 0 Å². The lowest BCUT2D eigenvalue weighted by atomic mass is 10.1. The molecule has 0 aliphatic heterocycles. The lowest BCUT2D eigenvalue weighted by Gasteiger charge is -2.35. The zero-order valence-corrected chi connectivity index (χ0v) is 10.2. The second kappa shape index (κ2) is 5.37. The number of nitrogens with zero attached hydrogens (tertiary/aromatic N) is 1. The molecule has 0 rings (SSSR count). The number of carbonyl (C=O) groups excluding carboxylic acids is 2. The van der Waals surface area contributed by atoms with Crippen LogP contribution in [0.5, 0.6) is 0 Å². The lowest BCUT2D eigenvalue weighted by molar-refractivity contribution is -0.190. The number of alkyl halides is 3. The van der Waals surface area contributed by atoms with Crippen LogP contribution < -0.4 is 0 Å². The highest BCUT2D eigenvalue weighted by Crippen LogP contribution is 2.24. The van der Waals surface area contributed by atoms with Crippen molar-refractivity contribution in [3.8, 4) is 0 Å². The minimum Gasteiger partial charge on any atom is -0.469 e. The molecular weight excluding hydrogens is 239 g/mol. The zero-order chi connectivity index (χ0) is 13.9. The number of amides is 1. The quantitative estimate of drug-likeness (QED) is 0.722. The smallest absolute Gasteiger partial charge is 0.469 e. The zero-order valence-electron chi connectivity index (χ0n) is 10.2. The minimum atomic E-state index is -4.94.